The third kappa shape index (κ3) is 3.28. The number of nitrogens with zero attached hydrogens (tertiary/aromatic N) is 3. The molecular formula is C11H20N4O. The Hall–Kier alpha value is -0.940. The summed E-state index contributed by atoms with van der Waals surface area (Å²) in [7, 11) is 1.77. The van der Waals surface area contributed by atoms with E-state index in [4.69, 9.17) is 4.74 Å². The fourth-order valence-electron chi connectivity index (χ4n) is 2.05. The largest absolute Gasteiger partial charge is 0.383 e. The van der Waals surface area contributed by atoms with Crippen LogP contribution in [0, 0.1) is 5.92 Å². The summed E-state index contributed by atoms with van der Waals surface area (Å²) in [5, 5.41) is 11.2. The lowest BCUT2D eigenvalue weighted by Crippen LogP contribution is -2.42. The predicted octanol–water partition coefficient (Wildman–Crippen LogP) is 0.681. The zero-order chi connectivity index (χ0) is 11.4. The van der Waals surface area contributed by atoms with Crippen LogP contribution in [-0.2, 0) is 11.3 Å². The van der Waals surface area contributed by atoms with Gasteiger partial charge in [0.05, 0.1) is 6.61 Å². The Balaban J connectivity index is 1.78. The van der Waals surface area contributed by atoms with Gasteiger partial charge < -0.3 is 14.6 Å². The molecule has 2 unspecified atom stereocenters. The third-order valence-corrected chi connectivity index (χ3v) is 2.99. The number of rotatable bonds is 7. The number of nitrogens with one attached hydrogen (secondary N) is 1. The average molecular weight is 224 g/mol. The van der Waals surface area contributed by atoms with E-state index in [0.717, 1.165) is 19.1 Å². The standard InChI is InChI=1S/C11H20N4O/c1-9(5-15-7-12-13-8-15)14-11(6-16-2)10-3-4-10/h7-11,14H,3-6H2,1-2H3. The molecule has 1 aromatic heterocycles. The monoisotopic (exact) mass is 224 g/mol. The summed E-state index contributed by atoms with van der Waals surface area (Å²) < 4.78 is 7.24. The Morgan fingerprint density at radius 3 is 2.69 bits per heavy atom. The highest BCUT2D eigenvalue weighted by Gasteiger charge is 2.31. The summed E-state index contributed by atoms with van der Waals surface area (Å²) in [6.45, 7) is 3.89. The molecule has 1 fully saturated rings. The first-order valence-corrected chi connectivity index (χ1v) is 5.87. The Morgan fingerprint density at radius 1 is 1.44 bits per heavy atom. The van der Waals surface area contributed by atoms with Crippen LogP contribution in [0.25, 0.3) is 0 Å². The van der Waals surface area contributed by atoms with Crippen molar-refractivity contribution in [3.8, 4) is 0 Å². The summed E-state index contributed by atoms with van der Waals surface area (Å²) in [4.78, 5) is 0. The second-order valence-corrected chi connectivity index (χ2v) is 4.63. The van der Waals surface area contributed by atoms with Crippen molar-refractivity contribution in [3.05, 3.63) is 12.7 Å². The summed E-state index contributed by atoms with van der Waals surface area (Å²) in [6, 6.07) is 0.910. The molecule has 0 aromatic carbocycles. The molecule has 0 bridgehead atoms. The van der Waals surface area contributed by atoms with Gasteiger partial charge in [-0.15, -0.1) is 10.2 Å². The summed E-state index contributed by atoms with van der Waals surface area (Å²) >= 11 is 0. The minimum atomic E-state index is 0.414. The van der Waals surface area contributed by atoms with E-state index in [1.165, 1.54) is 12.8 Å². The third-order valence-electron chi connectivity index (χ3n) is 2.99. The fraction of sp³-hybridized carbons (Fsp3) is 0.818. The van der Waals surface area contributed by atoms with Crippen LogP contribution in [0.15, 0.2) is 12.7 Å². The zero-order valence-electron chi connectivity index (χ0n) is 9.97. The Morgan fingerprint density at radius 2 is 2.12 bits per heavy atom. The van der Waals surface area contributed by atoms with Gasteiger partial charge in [0.1, 0.15) is 12.7 Å². The van der Waals surface area contributed by atoms with E-state index in [1.807, 2.05) is 4.57 Å². The lowest BCUT2D eigenvalue weighted by atomic mass is 10.1. The molecule has 16 heavy (non-hydrogen) atoms. The van der Waals surface area contributed by atoms with E-state index in [-0.39, 0.29) is 0 Å². The molecule has 0 radical (unpaired) electrons. The number of hydrogen-bond donors (Lipinski definition) is 1. The van der Waals surface area contributed by atoms with E-state index in [2.05, 4.69) is 22.4 Å². The highest BCUT2D eigenvalue weighted by Crippen LogP contribution is 2.32. The van der Waals surface area contributed by atoms with Gasteiger partial charge in [-0.05, 0) is 25.7 Å². The Bertz CT molecular complexity index is 297. The van der Waals surface area contributed by atoms with E-state index in [0.29, 0.717) is 12.1 Å². The van der Waals surface area contributed by atoms with Gasteiger partial charge in [-0.3, -0.25) is 0 Å². The summed E-state index contributed by atoms with van der Waals surface area (Å²) in [5.41, 5.74) is 0. The maximum absolute atomic E-state index is 5.25. The van der Waals surface area contributed by atoms with Crippen LogP contribution < -0.4 is 5.32 Å². The van der Waals surface area contributed by atoms with Gasteiger partial charge in [0, 0.05) is 25.7 Å². The molecule has 0 spiro atoms. The topological polar surface area (TPSA) is 52.0 Å². The normalized spacial score (nSPS) is 19.6. The second kappa shape index (κ2) is 5.41. The van der Waals surface area contributed by atoms with Crippen LogP contribution >= 0.6 is 0 Å². The van der Waals surface area contributed by atoms with Gasteiger partial charge in [0.2, 0.25) is 0 Å². The molecule has 1 aliphatic rings. The highest BCUT2D eigenvalue weighted by atomic mass is 16.5. The van der Waals surface area contributed by atoms with E-state index in [9.17, 15) is 0 Å². The Labute approximate surface area is 96.2 Å². The van der Waals surface area contributed by atoms with Crippen molar-refractivity contribution in [2.45, 2.75) is 38.4 Å². The molecule has 5 heteroatoms. The van der Waals surface area contributed by atoms with Crippen molar-refractivity contribution in [2.24, 2.45) is 5.92 Å². The van der Waals surface area contributed by atoms with Crippen molar-refractivity contribution in [2.75, 3.05) is 13.7 Å². The number of ether oxygens (including phenoxy) is 1. The smallest absolute Gasteiger partial charge is 0.119 e. The first kappa shape index (κ1) is 11.5. The minimum Gasteiger partial charge on any atom is -0.383 e. The number of methoxy groups -OCH3 is 1. The molecule has 5 nitrogen and oxygen atoms in total. The maximum atomic E-state index is 5.25. The minimum absolute atomic E-state index is 0.414. The van der Waals surface area contributed by atoms with Gasteiger partial charge >= 0.3 is 0 Å². The zero-order valence-corrected chi connectivity index (χ0v) is 9.97. The molecule has 1 N–H and O–H groups in total. The van der Waals surface area contributed by atoms with Gasteiger partial charge in [-0.1, -0.05) is 0 Å². The van der Waals surface area contributed by atoms with Crippen molar-refractivity contribution < 1.29 is 4.74 Å². The quantitative estimate of drug-likeness (QED) is 0.740. The van der Waals surface area contributed by atoms with Crippen LogP contribution in [0.1, 0.15) is 19.8 Å². The van der Waals surface area contributed by atoms with E-state index < -0.39 is 0 Å². The lowest BCUT2D eigenvalue weighted by molar-refractivity contribution is 0.150. The summed E-state index contributed by atoms with van der Waals surface area (Å²) in [5.74, 6) is 0.809. The Kier molecular flexibility index (Phi) is 3.90. The van der Waals surface area contributed by atoms with E-state index in [1.54, 1.807) is 19.8 Å². The lowest BCUT2D eigenvalue weighted by Gasteiger charge is -2.22. The molecule has 0 amide bonds. The van der Waals surface area contributed by atoms with Gasteiger partial charge in [-0.2, -0.15) is 0 Å². The molecule has 1 heterocycles. The molecule has 2 atom stereocenters. The van der Waals surface area contributed by atoms with Crippen LogP contribution in [0.2, 0.25) is 0 Å². The SMILES string of the molecule is COCC(NC(C)Cn1cnnc1)C1CC1. The summed E-state index contributed by atoms with van der Waals surface area (Å²) in [6.07, 6.45) is 6.17. The highest BCUT2D eigenvalue weighted by molar-refractivity contribution is 4.87. The molecule has 0 aliphatic heterocycles. The second-order valence-electron chi connectivity index (χ2n) is 4.63. The first-order valence-electron chi connectivity index (χ1n) is 5.87. The van der Waals surface area contributed by atoms with Crippen LogP contribution in [0.5, 0.6) is 0 Å². The van der Waals surface area contributed by atoms with Crippen molar-refractivity contribution in [1.29, 1.82) is 0 Å². The molecule has 90 valence electrons. The molecule has 1 saturated carbocycles. The van der Waals surface area contributed by atoms with Crippen molar-refractivity contribution in [3.63, 3.8) is 0 Å². The average Bonchev–Trinajstić information content (AvgIpc) is 2.98. The molecule has 0 saturated heterocycles. The predicted molar refractivity (Wildman–Crippen MR) is 61.0 cm³/mol. The maximum Gasteiger partial charge on any atom is 0.119 e. The van der Waals surface area contributed by atoms with Crippen LogP contribution in [0.4, 0.5) is 0 Å². The molecule has 1 aromatic rings. The van der Waals surface area contributed by atoms with Gasteiger partial charge in [0.25, 0.3) is 0 Å². The van der Waals surface area contributed by atoms with Gasteiger partial charge in [-0.25, -0.2) is 0 Å². The number of aromatic nitrogens is 3. The molecule has 1 aliphatic carbocycles. The van der Waals surface area contributed by atoms with Crippen molar-refractivity contribution in [1.82, 2.24) is 20.1 Å². The molecular weight excluding hydrogens is 204 g/mol. The fourth-order valence-corrected chi connectivity index (χ4v) is 2.05. The van der Waals surface area contributed by atoms with Crippen molar-refractivity contribution >= 4 is 0 Å². The van der Waals surface area contributed by atoms with Crippen LogP contribution in [0.3, 0.4) is 0 Å². The molecule has 2 rings (SSSR count). The van der Waals surface area contributed by atoms with E-state index >= 15 is 0 Å². The number of hydrogen-bond acceptors (Lipinski definition) is 4. The first-order chi connectivity index (χ1) is 7.79. The van der Waals surface area contributed by atoms with Crippen LogP contribution in [-0.4, -0.2) is 40.6 Å². The van der Waals surface area contributed by atoms with Gasteiger partial charge in [0.15, 0.2) is 0 Å².